The minimum Gasteiger partial charge on any atom is -0.478 e. The van der Waals surface area contributed by atoms with Crippen molar-refractivity contribution in [2.24, 2.45) is 5.73 Å². The predicted octanol–water partition coefficient (Wildman–Crippen LogP) is 10.6. The van der Waals surface area contributed by atoms with Crippen LogP contribution in [-0.2, 0) is 45.6 Å². The Kier molecular flexibility index (Phi) is 17.2. The lowest BCUT2D eigenvalue weighted by atomic mass is 10.0. The fourth-order valence-electron chi connectivity index (χ4n) is 8.33. The van der Waals surface area contributed by atoms with Crippen molar-refractivity contribution in [2.75, 3.05) is 12.5 Å². The second kappa shape index (κ2) is 23.2. The van der Waals surface area contributed by atoms with Crippen molar-refractivity contribution in [3.8, 4) is 0 Å². The van der Waals surface area contributed by atoms with Crippen molar-refractivity contribution in [1.82, 2.24) is 35.2 Å². The van der Waals surface area contributed by atoms with E-state index in [4.69, 9.17) is 34.0 Å². The molecule has 0 fully saturated rings. The zero-order chi connectivity index (χ0) is 53.9. The third kappa shape index (κ3) is 12.8. The predicted molar refractivity (Wildman–Crippen MR) is 293 cm³/mol. The molecule has 15 nitrogen and oxygen atoms in total. The van der Waals surface area contributed by atoms with Crippen molar-refractivity contribution >= 4 is 111 Å². The van der Waals surface area contributed by atoms with E-state index in [2.05, 4.69) is 35.2 Å². The van der Waals surface area contributed by atoms with Crippen molar-refractivity contribution in [3.05, 3.63) is 200 Å². The van der Waals surface area contributed by atoms with Crippen molar-refractivity contribution in [2.45, 2.75) is 49.6 Å². The number of rotatable bonds is 11. The van der Waals surface area contributed by atoms with E-state index in [0.29, 0.717) is 78.8 Å². The maximum atomic E-state index is 14.9. The third-order valence-corrected chi connectivity index (χ3v) is 14.7. The number of aryl methyl sites for hydroxylation is 2. The number of nitrogens with two attached hydrogens (primary N) is 1. The monoisotopic (exact) mass is 1130 g/mol. The van der Waals surface area contributed by atoms with Crippen molar-refractivity contribution in [1.29, 1.82) is 0 Å². The summed E-state index contributed by atoms with van der Waals surface area (Å²) in [6, 6.07) is 23.5. The number of halogens is 5. The molecule has 10 rings (SSSR count). The molecule has 0 aliphatic heterocycles. The van der Waals surface area contributed by atoms with E-state index in [9.17, 15) is 35.2 Å². The lowest BCUT2D eigenvalue weighted by molar-refractivity contribution is 0.0696. The topological polar surface area (TPSA) is 244 Å². The van der Waals surface area contributed by atoms with E-state index in [0.717, 1.165) is 40.2 Å². The van der Waals surface area contributed by atoms with Crippen LogP contribution in [0.15, 0.2) is 132 Å². The minimum absolute atomic E-state index is 0. The molecule has 6 heterocycles. The molecule has 4 aromatic carbocycles. The number of pyridine rings is 4. The average molecular weight is 1130 g/mol. The van der Waals surface area contributed by atoms with Gasteiger partial charge in [-0.1, -0.05) is 35.3 Å². The number of carboxylic acid groups (broad SMARTS) is 1. The molecule has 392 valence electrons. The van der Waals surface area contributed by atoms with E-state index < -0.39 is 37.4 Å². The second-order valence-corrected chi connectivity index (χ2v) is 22.5. The number of carbonyl (C=O) groups is 2. The normalized spacial score (nSPS) is 11.4. The van der Waals surface area contributed by atoms with Crippen molar-refractivity contribution in [3.63, 3.8) is 0 Å². The Labute approximate surface area is 451 Å². The van der Waals surface area contributed by atoms with Crippen LogP contribution in [0.1, 0.15) is 65.5 Å². The third-order valence-electron chi connectivity index (χ3n) is 11.9. The Balaban J connectivity index is 0.000000185. The molecule has 0 saturated carbocycles. The molecule has 76 heavy (non-hydrogen) atoms. The van der Waals surface area contributed by atoms with Gasteiger partial charge in [-0.2, -0.15) is 0 Å². The van der Waals surface area contributed by atoms with Gasteiger partial charge in [0, 0.05) is 126 Å². The maximum Gasteiger partial charge on any atom is 0.335 e. The molecule has 0 atom stereocenters. The quantitative estimate of drug-likeness (QED) is 0.0812. The molecular weight excluding hydrogens is 1080 g/mol. The van der Waals surface area contributed by atoms with Gasteiger partial charge in [-0.3, -0.25) is 24.7 Å². The number of amides is 1. The zero-order valence-electron chi connectivity index (χ0n) is 40.9. The molecular formula is C54H47Cl3F2N8O7S2. The molecule has 0 aliphatic carbocycles. The minimum atomic E-state index is -3.52. The Morgan fingerprint density at radius 1 is 0.645 bits per heavy atom. The first-order valence-electron chi connectivity index (χ1n) is 22.8. The van der Waals surface area contributed by atoms with Gasteiger partial charge in [-0.25, -0.2) is 30.4 Å². The first-order valence-corrected chi connectivity index (χ1v) is 27.3. The van der Waals surface area contributed by atoms with Crippen LogP contribution in [0.2, 0.25) is 10.0 Å². The number of carboxylic acids is 1. The number of fused-ring (bicyclic) bond motifs is 4. The summed E-state index contributed by atoms with van der Waals surface area (Å²) in [6.07, 6.45) is 12.2. The molecule has 10 aromatic rings. The zero-order valence-corrected chi connectivity index (χ0v) is 44.8. The van der Waals surface area contributed by atoms with E-state index in [-0.39, 0.29) is 57.1 Å². The molecule has 6 aromatic heterocycles. The van der Waals surface area contributed by atoms with E-state index >= 15 is 0 Å². The summed E-state index contributed by atoms with van der Waals surface area (Å²) < 4.78 is 77.6. The van der Waals surface area contributed by atoms with Gasteiger partial charge in [-0.15, -0.1) is 12.4 Å². The summed E-state index contributed by atoms with van der Waals surface area (Å²) in [5.41, 5.74) is 13.2. The van der Waals surface area contributed by atoms with E-state index in [1.165, 1.54) is 30.7 Å². The van der Waals surface area contributed by atoms with Crippen LogP contribution < -0.4 is 11.1 Å². The Morgan fingerprint density at radius 2 is 1.09 bits per heavy atom. The van der Waals surface area contributed by atoms with E-state index in [1.54, 1.807) is 67.1 Å². The first-order chi connectivity index (χ1) is 35.6. The average Bonchev–Trinajstić information content (AvgIpc) is 3.96. The Morgan fingerprint density at radius 3 is 1.55 bits per heavy atom. The van der Waals surface area contributed by atoms with Gasteiger partial charge < -0.3 is 26.1 Å². The van der Waals surface area contributed by atoms with Crippen LogP contribution in [0.5, 0.6) is 0 Å². The number of nitrogens with one attached hydrogen (secondary N) is 3. The van der Waals surface area contributed by atoms with Crippen molar-refractivity contribution < 1.29 is 40.3 Å². The smallest absolute Gasteiger partial charge is 0.335 e. The van der Waals surface area contributed by atoms with Crippen LogP contribution in [0, 0.1) is 25.5 Å². The highest BCUT2D eigenvalue weighted by Gasteiger charge is 2.19. The fraction of sp³-hybridized carbons (Fsp3) is 0.148. The van der Waals surface area contributed by atoms with Gasteiger partial charge in [-0.05, 0) is 109 Å². The number of hydrogen-bond acceptors (Lipinski definition) is 11. The number of aromatic carboxylic acids is 1. The van der Waals surface area contributed by atoms with Crippen LogP contribution >= 0.6 is 35.6 Å². The number of carbonyl (C=O) groups excluding carboxylic acids is 1. The summed E-state index contributed by atoms with van der Waals surface area (Å²) in [6.45, 7) is 3.94. The molecule has 0 saturated heterocycles. The Hall–Kier alpha value is -7.39. The van der Waals surface area contributed by atoms with Crippen LogP contribution in [0.25, 0.3) is 43.6 Å². The first kappa shape index (κ1) is 56.3. The highest BCUT2D eigenvalue weighted by molar-refractivity contribution is 7.91. The number of benzene rings is 4. The van der Waals surface area contributed by atoms with Crippen LogP contribution in [0.4, 0.5) is 8.78 Å². The molecule has 6 N–H and O–H groups in total. The van der Waals surface area contributed by atoms with Crippen LogP contribution in [-0.4, -0.2) is 76.2 Å². The second-order valence-electron chi connectivity index (χ2n) is 17.7. The number of sulfone groups is 2. The van der Waals surface area contributed by atoms with Gasteiger partial charge in [0.05, 0.1) is 47.2 Å². The summed E-state index contributed by atoms with van der Waals surface area (Å²) in [7, 11) is -6.97. The van der Waals surface area contributed by atoms with Gasteiger partial charge in [0.1, 0.15) is 11.6 Å². The largest absolute Gasteiger partial charge is 0.478 e. The van der Waals surface area contributed by atoms with Gasteiger partial charge >= 0.3 is 5.97 Å². The molecule has 1 amide bonds. The number of hydrogen-bond donors (Lipinski definition) is 5. The van der Waals surface area contributed by atoms with Crippen LogP contribution in [0.3, 0.4) is 0 Å². The van der Waals surface area contributed by atoms with Gasteiger partial charge in [0.25, 0.3) is 5.91 Å². The van der Waals surface area contributed by atoms with Gasteiger partial charge in [0.15, 0.2) is 19.7 Å². The molecule has 0 bridgehead atoms. The van der Waals surface area contributed by atoms with E-state index in [1.807, 2.05) is 38.1 Å². The summed E-state index contributed by atoms with van der Waals surface area (Å²) in [5, 5.41) is 14.6. The SMILES string of the molecule is Cc1cnc2c(S(C)(=O)=O)cc(Cc3cc(C(=O)NCc4ccc5[nH]cc(Cl)c5c4F)ccn3)cc2c1.Cc1cnc2c(S(C)(=O)=O)cc(Cc3cc(C(=O)O)ccn3)cc2c1.Cl.NCc1ccc2[nH]cc(Cl)c2c1F. The van der Waals surface area contributed by atoms with Gasteiger partial charge in [0.2, 0.25) is 0 Å². The summed E-state index contributed by atoms with van der Waals surface area (Å²) in [4.78, 5) is 47.1. The highest BCUT2D eigenvalue weighted by Crippen LogP contribution is 2.31. The number of aromatic amines is 2. The lowest BCUT2D eigenvalue weighted by Crippen LogP contribution is -2.23. The fourth-order valence-corrected chi connectivity index (χ4v) is 10.6. The summed E-state index contributed by atoms with van der Waals surface area (Å²) >= 11 is 11.9. The molecule has 0 unspecified atom stereocenters. The lowest BCUT2D eigenvalue weighted by Gasteiger charge is -2.10. The molecule has 22 heteroatoms. The summed E-state index contributed by atoms with van der Waals surface area (Å²) in [5.74, 6) is -2.23. The Bertz CT molecular complexity index is 4120. The standard InChI is InChI=1S/C27H22ClFN4O3S.C18H16N2O4S.C9H8ClFN2.ClH/c1-15-7-19-8-16(10-23(37(2,35)36)26(19)32-12-15)9-20-11-17(5-6-30-20)27(34)33-13-18-3-4-22-24(25(18)29)21(28)14-31-22;1-11-5-14-6-12(7-15-9-13(18(21)22)3-4-19-15)8-16(25(2,23)24)17(14)20-10-11;10-6-4-13-7-2-1-5(3-12)9(11)8(6)7;/h3-8,10-12,14,31H,9,13H2,1-2H3,(H,33,34);3-6,8-10H,7H2,1-2H3,(H,21,22);1-2,4,13H,3,12H2;1H. The highest BCUT2D eigenvalue weighted by atomic mass is 35.5. The molecule has 0 radical (unpaired) electrons. The number of H-pyrrole nitrogens is 2. The maximum absolute atomic E-state index is 14.9. The number of nitrogens with zero attached hydrogens (tertiary/aromatic N) is 4. The molecule has 0 aliphatic rings. The number of aromatic nitrogens is 6. The molecule has 0 spiro atoms.